The zero-order valence-corrected chi connectivity index (χ0v) is 15.7. The summed E-state index contributed by atoms with van der Waals surface area (Å²) in [6, 6.07) is 10.0. The minimum absolute atomic E-state index is 0.113. The molecule has 0 saturated carbocycles. The Morgan fingerprint density at radius 2 is 1.85 bits per heavy atom. The van der Waals surface area contributed by atoms with E-state index in [-0.39, 0.29) is 28.9 Å². The van der Waals surface area contributed by atoms with Gasteiger partial charge in [-0.15, -0.1) is 0 Å². The Labute approximate surface area is 162 Å². The van der Waals surface area contributed by atoms with Crippen molar-refractivity contribution in [2.45, 2.75) is 26.3 Å². The summed E-state index contributed by atoms with van der Waals surface area (Å²) < 4.78 is 5.18. The second-order valence-corrected chi connectivity index (χ2v) is 6.68. The summed E-state index contributed by atoms with van der Waals surface area (Å²) >= 11 is 6.12. The van der Waals surface area contributed by atoms with Crippen LogP contribution in [0.5, 0.6) is 11.5 Å². The number of aliphatic carboxylic acids is 1. The maximum atomic E-state index is 11.6. The average Bonchev–Trinajstić information content (AvgIpc) is 2.61. The summed E-state index contributed by atoms with van der Waals surface area (Å²) in [5.41, 5.74) is 1.33. The third-order valence-electron chi connectivity index (χ3n) is 3.69. The van der Waals surface area contributed by atoms with Crippen LogP contribution in [-0.4, -0.2) is 34.4 Å². The predicted octanol–water partition coefficient (Wildman–Crippen LogP) is 3.72. The summed E-state index contributed by atoms with van der Waals surface area (Å²) in [6.07, 6.45) is 1.60. The molecule has 27 heavy (non-hydrogen) atoms. The van der Waals surface area contributed by atoms with Crippen molar-refractivity contribution in [2.75, 3.05) is 0 Å². The molecule has 142 valence electrons. The number of hydrogen-bond acceptors (Lipinski definition) is 5. The fourth-order valence-corrected chi connectivity index (χ4v) is 2.37. The van der Waals surface area contributed by atoms with Crippen LogP contribution in [0.4, 0.5) is 0 Å². The molecule has 0 fully saturated rings. The van der Waals surface area contributed by atoms with E-state index in [0.29, 0.717) is 5.56 Å². The number of esters is 1. The van der Waals surface area contributed by atoms with Crippen molar-refractivity contribution < 1.29 is 24.5 Å². The van der Waals surface area contributed by atoms with Crippen molar-refractivity contribution >= 4 is 29.8 Å². The average molecular weight is 390 g/mol. The van der Waals surface area contributed by atoms with Crippen molar-refractivity contribution in [3.05, 3.63) is 58.6 Å². The number of rotatable bonds is 7. The molecular weight excluding hydrogens is 370 g/mol. The molecule has 0 aliphatic heterocycles. The summed E-state index contributed by atoms with van der Waals surface area (Å²) in [5, 5.41) is 18.9. The van der Waals surface area contributed by atoms with Crippen molar-refractivity contribution in [1.82, 2.24) is 0 Å². The Balaban J connectivity index is 2.11. The number of aromatic hydroxyl groups is 1. The minimum Gasteiger partial charge on any atom is -0.508 e. The fourth-order valence-electron chi connectivity index (χ4n) is 2.14. The van der Waals surface area contributed by atoms with E-state index in [0.717, 1.165) is 5.56 Å². The highest BCUT2D eigenvalue weighted by Crippen LogP contribution is 2.26. The molecule has 2 rings (SSSR count). The van der Waals surface area contributed by atoms with Gasteiger partial charge in [0.15, 0.2) is 6.04 Å². The highest BCUT2D eigenvalue weighted by Gasteiger charge is 2.16. The van der Waals surface area contributed by atoms with Crippen molar-refractivity contribution in [3.63, 3.8) is 0 Å². The number of aliphatic imine (C=N–C) groups is 1. The van der Waals surface area contributed by atoms with Gasteiger partial charge in [-0.1, -0.05) is 37.6 Å². The predicted molar refractivity (Wildman–Crippen MR) is 103 cm³/mol. The Kier molecular flexibility index (Phi) is 6.96. The van der Waals surface area contributed by atoms with E-state index in [4.69, 9.17) is 16.3 Å². The lowest BCUT2D eigenvalue weighted by Crippen LogP contribution is -2.20. The van der Waals surface area contributed by atoms with E-state index in [2.05, 4.69) is 4.99 Å². The fraction of sp³-hybridized carbons (Fsp3) is 0.250. The first-order chi connectivity index (χ1) is 12.8. The van der Waals surface area contributed by atoms with Crippen LogP contribution in [0.3, 0.4) is 0 Å². The largest absolute Gasteiger partial charge is 0.508 e. The molecule has 0 aliphatic rings. The van der Waals surface area contributed by atoms with Crippen molar-refractivity contribution in [1.29, 1.82) is 0 Å². The molecule has 0 bridgehead atoms. The van der Waals surface area contributed by atoms with E-state index in [1.54, 1.807) is 44.2 Å². The highest BCUT2D eigenvalue weighted by molar-refractivity contribution is 6.32. The van der Waals surface area contributed by atoms with E-state index in [1.165, 1.54) is 18.3 Å². The SMILES string of the molecule is CC(C)C(=O)Oc1ccc(C=NC(Cc2ccc(O)cc2)C(=O)O)cc1Cl. The Bertz CT molecular complexity index is 846. The molecule has 0 heterocycles. The van der Waals surface area contributed by atoms with Gasteiger partial charge in [-0.2, -0.15) is 0 Å². The van der Waals surface area contributed by atoms with Gasteiger partial charge in [0.2, 0.25) is 0 Å². The molecule has 1 unspecified atom stereocenters. The molecule has 0 spiro atoms. The Morgan fingerprint density at radius 3 is 2.41 bits per heavy atom. The van der Waals surface area contributed by atoms with Crippen LogP contribution in [0.15, 0.2) is 47.5 Å². The first-order valence-electron chi connectivity index (χ1n) is 8.31. The normalized spacial score (nSPS) is 12.3. The monoisotopic (exact) mass is 389 g/mol. The standard InChI is InChI=1S/C20H20ClNO5/c1-12(2)20(26)27-18-8-5-14(9-16(18)21)11-22-17(19(24)25)10-13-3-6-15(23)7-4-13/h3-9,11-12,17,23H,10H2,1-2H3,(H,24,25). The highest BCUT2D eigenvalue weighted by atomic mass is 35.5. The van der Waals surface area contributed by atoms with Gasteiger partial charge in [0.25, 0.3) is 0 Å². The molecule has 0 aromatic heterocycles. The van der Waals surface area contributed by atoms with Crippen molar-refractivity contribution in [3.8, 4) is 11.5 Å². The molecule has 0 radical (unpaired) electrons. The van der Waals surface area contributed by atoms with Gasteiger partial charge in [0.05, 0.1) is 10.9 Å². The topological polar surface area (TPSA) is 96.2 Å². The number of ether oxygens (including phenoxy) is 1. The lowest BCUT2D eigenvalue weighted by atomic mass is 10.1. The van der Waals surface area contributed by atoms with Gasteiger partial charge < -0.3 is 14.9 Å². The van der Waals surface area contributed by atoms with Crippen molar-refractivity contribution in [2.24, 2.45) is 10.9 Å². The third kappa shape index (κ3) is 6.11. The molecule has 2 aromatic carbocycles. The van der Waals surface area contributed by atoms with Crippen LogP contribution >= 0.6 is 11.6 Å². The molecule has 2 N–H and O–H groups in total. The van der Waals surface area contributed by atoms with E-state index in [9.17, 15) is 19.8 Å². The van der Waals surface area contributed by atoms with Crippen LogP contribution in [0.25, 0.3) is 0 Å². The number of phenolic OH excluding ortho intramolecular Hbond substituents is 1. The summed E-state index contributed by atoms with van der Waals surface area (Å²) in [4.78, 5) is 27.2. The number of carbonyl (C=O) groups is 2. The summed E-state index contributed by atoms with van der Waals surface area (Å²) in [6.45, 7) is 3.44. The Hall–Kier alpha value is -2.86. The zero-order chi connectivity index (χ0) is 20.0. The number of phenols is 1. The lowest BCUT2D eigenvalue weighted by Gasteiger charge is -2.09. The number of hydrogen-bond donors (Lipinski definition) is 2. The molecular formula is C20H20ClNO5. The molecule has 0 amide bonds. The molecule has 2 aromatic rings. The summed E-state index contributed by atoms with van der Waals surface area (Å²) in [7, 11) is 0. The minimum atomic E-state index is -1.06. The van der Waals surface area contributed by atoms with Gasteiger partial charge >= 0.3 is 11.9 Å². The van der Waals surface area contributed by atoms with Gasteiger partial charge in [-0.05, 0) is 41.5 Å². The summed E-state index contributed by atoms with van der Waals surface area (Å²) in [5.74, 6) is -1.38. The number of halogens is 1. The maximum absolute atomic E-state index is 11.6. The zero-order valence-electron chi connectivity index (χ0n) is 14.9. The number of carboxylic acid groups (broad SMARTS) is 1. The number of benzene rings is 2. The van der Waals surface area contributed by atoms with E-state index in [1.807, 2.05) is 0 Å². The number of carboxylic acids is 1. The van der Waals surface area contributed by atoms with E-state index >= 15 is 0 Å². The molecule has 0 saturated heterocycles. The third-order valence-corrected chi connectivity index (χ3v) is 3.99. The van der Waals surface area contributed by atoms with Crippen LogP contribution < -0.4 is 4.74 Å². The molecule has 7 heteroatoms. The van der Waals surface area contributed by atoms with Crippen LogP contribution in [0.1, 0.15) is 25.0 Å². The van der Waals surface area contributed by atoms with E-state index < -0.39 is 18.0 Å². The number of carbonyl (C=O) groups excluding carboxylic acids is 1. The Morgan fingerprint density at radius 1 is 1.19 bits per heavy atom. The van der Waals surface area contributed by atoms with Gasteiger partial charge in [-0.25, -0.2) is 4.79 Å². The second-order valence-electron chi connectivity index (χ2n) is 6.27. The van der Waals surface area contributed by atoms with Gasteiger partial charge in [-0.3, -0.25) is 9.79 Å². The molecule has 6 nitrogen and oxygen atoms in total. The first-order valence-corrected chi connectivity index (χ1v) is 8.69. The van der Waals surface area contributed by atoms with Gasteiger partial charge in [0.1, 0.15) is 11.5 Å². The maximum Gasteiger partial charge on any atom is 0.328 e. The number of nitrogens with zero attached hydrogens (tertiary/aromatic N) is 1. The molecule has 1 atom stereocenters. The van der Waals surface area contributed by atoms with Crippen LogP contribution in [0, 0.1) is 5.92 Å². The molecule has 0 aliphatic carbocycles. The van der Waals surface area contributed by atoms with Crippen LogP contribution in [-0.2, 0) is 16.0 Å². The van der Waals surface area contributed by atoms with Gasteiger partial charge in [0, 0.05) is 12.6 Å². The second kappa shape index (κ2) is 9.19. The smallest absolute Gasteiger partial charge is 0.328 e. The quantitative estimate of drug-likeness (QED) is 0.427. The lowest BCUT2D eigenvalue weighted by molar-refractivity contribution is -0.139. The van der Waals surface area contributed by atoms with Crippen LogP contribution in [0.2, 0.25) is 5.02 Å². The first kappa shape index (κ1) is 20.5.